The third kappa shape index (κ3) is 3.67. The Kier molecular flexibility index (Phi) is 5.06. The van der Waals surface area contributed by atoms with Crippen molar-refractivity contribution >= 4 is 17.6 Å². The van der Waals surface area contributed by atoms with Gasteiger partial charge in [0, 0.05) is 18.3 Å². The third-order valence-corrected chi connectivity index (χ3v) is 3.72. The molecule has 0 saturated heterocycles. The minimum absolute atomic E-state index is 0.723. The number of aryl methyl sites for hydroxylation is 1. The Bertz CT molecular complexity index is 350. The summed E-state index contributed by atoms with van der Waals surface area (Å²) >= 11 is 1.90. The van der Waals surface area contributed by atoms with Gasteiger partial charge in [-0.3, -0.25) is 0 Å². The number of nitrogens with one attached hydrogen (secondary N) is 1. The highest BCUT2D eigenvalue weighted by Gasteiger charge is 2.06. The molecule has 90 valence electrons. The number of anilines is 1. The zero-order valence-corrected chi connectivity index (χ0v) is 11.6. The van der Waals surface area contributed by atoms with E-state index in [-0.39, 0.29) is 0 Å². The van der Waals surface area contributed by atoms with Crippen molar-refractivity contribution in [3.63, 3.8) is 0 Å². The predicted molar refractivity (Wildman–Crippen MR) is 72.1 cm³/mol. The minimum atomic E-state index is 0.723. The van der Waals surface area contributed by atoms with Crippen LogP contribution >= 0.6 is 11.8 Å². The molecule has 0 fully saturated rings. The Balaban J connectivity index is 2.70. The van der Waals surface area contributed by atoms with Gasteiger partial charge < -0.3 is 5.32 Å². The smallest absolute Gasteiger partial charge is 0.140 e. The van der Waals surface area contributed by atoms with E-state index >= 15 is 0 Å². The Morgan fingerprint density at radius 3 is 2.50 bits per heavy atom. The van der Waals surface area contributed by atoms with Gasteiger partial charge in [-0.25, -0.2) is 9.97 Å². The Morgan fingerprint density at radius 1 is 1.25 bits per heavy atom. The highest BCUT2D eigenvalue weighted by atomic mass is 32.2. The topological polar surface area (TPSA) is 37.8 Å². The van der Waals surface area contributed by atoms with E-state index in [0.29, 0.717) is 0 Å². The van der Waals surface area contributed by atoms with Crippen LogP contribution in [0.4, 0.5) is 5.82 Å². The molecule has 0 saturated carbocycles. The zero-order chi connectivity index (χ0) is 12.1. The molecule has 1 rings (SSSR count). The summed E-state index contributed by atoms with van der Waals surface area (Å²) in [5.74, 6) is 4.66. The summed E-state index contributed by atoms with van der Waals surface area (Å²) in [7, 11) is 1.90. The van der Waals surface area contributed by atoms with Gasteiger partial charge in [-0.1, -0.05) is 13.8 Å². The van der Waals surface area contributed by atoms with Crippen molar-refractivity contribution in [3.8, 4) is 0 Å². The second kappa shape index (κ2) is 6.09. The molecule has 1 N–H and O–H groups in total. The molecule has 1 aromatic heterocycles. The number of nitrogens with zero attached hydrogens (tertiary/aromatic N) is 2. The summed E-state index contributed by atoms with van der Waals surface area (Å²) < 4.78 is 0. The normalized spacial score (nSPS) is 10.9. The molecule has 0 aliphatic heterocycles. The Morgan fingerprint density at radius 2 is 1.94 bits per heavy atom. The lowest BCUT2D eigenvalue weighted by atomic mass is 10.2. The number of hydrogen-bond donors (Lipinski definition) is 1. The molecule has 0 amide bonds. The van der Waals surface area contributed by atoms with Crippen LogP contribution in [0.2, 0.25) is 0 Å². The fourth-order valence-electron chi connectivity index (χ4n) is 1.38. The molecule has 0 radical (unpaired) electrons. The maximum absolute atomic E-state index is 4.51. The van der Waals surface area contributed by atoms with E-state index in [1.165, 1.54) is 0 Å². The van der Waals surface area contributed by atoms with Gasteiger partial charge in [-0.15, -0.1) is 0 Å². The largest absolute Gasteiger partial charge is 0.373 e. The Labute approximate surface area is 102 Å². The molecule has 0 aromatic carbocycles. The van der Waals surface area contributed by atoms with E-state index in [2.05, 4.69) is 29.1 Å². The first-order chi connectivity index (χ1) is 7.54. The fraction of sp³-hybridized carbons (Fsp3) is 0.667. The van der Waals surface area contributed by atoms with Crippen LogP contribution in [0.15, 0.2) is 0 Å². The standard InChI is InChI=1S/C12H21N3S/c1-8(2)6-16-7-11-14-10(4)9(3)12(13-5)15-11/h8H,6-7H2,1-5H3,(H,13,14,15). The van der Waals surface area contributed by atoms with Crippen LogP contribution in [0.25, 0.3) is 0 Å². The monoisotopic (exact) mass is 239 g/mol. The fourth-order valence-corrected chi connectivity index (χ4v) is 2.28. The van der Waals surface area contributed by atoms with Gasteiger partial charge in [-0.2, -0.15) is 11.8 Å². The maximum atomic E-state index is 4.51. The number of hydrogen-bond acceptors (Lipinski definition) is 4. The molecular weight excluding hydrogens is 218 g/mol. The van der Waals surface area contributed by atoms with Crippen LogP contribution in [0.5, 0.6) is 0 Å². The average molecular weight is 239 g/mol. The molecule has 0 bridgehead atoms. The van der Waals surface area contributed by atoms with Crippen LogP contribution in [-0.4, -0.2) is 22.8 Å². The van der Waals surface area contributed by atoms with Crippen LogP contribution < -0.4 is 5.32 Å². The van der Waals surface area contributed by atoms with E-state index in [1.807, 2.05) is 32.7 Å². The summed E-state index contributed by atoms with van der Waals surface area (Å²) in [5.41, 5.74) is 2.21. The minimum Gasteiger partial charge on any atom is -0.373 e. The predicted octanol–water partition coefficient (Wildman–Crippen LogP) is 3.02. The molecule has 16 heavy (non-hydrogen) atoms. The van der Waals surface area contributed by atoms with Gasteiger partial charge in [-0.05, 0) is 25.5 Å². The number of thioether (sulfide) groups is 1. The molecular formula is C12H21N3S. The quantitative estimate of drug-likeness (QED) is 0.857. The molecule has 1 aromatic rings. The van der Waals surface area contributed by atoms with E-state index in [0.717, 1.165) is 40.3 Å². The molecule has 0 atom stereocenters. The SMILES string of the molecule is CNc1nc(CSCC(C)C)nc(C)c1C. The number of rotatable bonds is 5. The highest BCUT2D eigenvalue weighted by Crippen LogP contribution is 2.18. The van der Waals surface area contributed by atoms with Crippen molar-refractivity contribution in [1.29, 1.82) is 0 Å². The highest BCUT2D eigenvalue weighted by molar-refractivity contribution is 7.98. The van der Waals surface area contributed by atoms with Crippen molar-refractivity contribution in [2.45, 2.75) is 33.4 Å². The lowest BCUT2D eigenvalue weighted by Gasteiger charge is -2.10. The molecule has 3 nitrogen and oxygen atoms in total. The summed E-state index contributed by atoms with van der Waals surface area (Å²) in [6.07, 6.45) is 0. The van der Waals surface area contributed by atoms with E-state index in [9.17, 15) is 0 Å². The van der Waals surface area contributed by atoms with Gasteiger partial charge >= 0.3 is 0 Å². The van der Waals surface area contributed by atoms with Crippen molar-refractivity contribution in [2.75, 3.05) is 18.1 Å². The van der Waals surface area contributed by atoms with Gasteiger partial charge in [0.05, 0.1) is 5.75 Å². The summed E-state index contributed by atoms with van der Waals surface area (Å²) in [4.78, 5) is 9.01. The first kappa shape index (κ1) is 13.3. The molecule has 4 heteroatoms. The maximum Gasteiger partial charge on any atom is 0.140 e. The molecule has 0 aliphatic rings. The summed E-state index contributed by atoms with van der Waals surface area (Å²) in [5, 5.41) is 3.12. The first-order valence-electron chi connectivity index (χ1n) is 5.64. The van der Waals surface area contributed by atoms with Crippen LogP contribution in [-0.2, 0) is 5.75 Å². The van der Waals surface area contributed by atoms with Crippen molar-refractivity contribution < 1.29 is 0 Å². The van der Waals surface area contributed by atoms with E-state index in [4.69, 9.17) is 0 Å². The Hall–Kier alpha value is -0.770. The van der Waals surface area contributed by atoms with Gasteiger partial charge in [0.2, 0.25) is 0 Å². The van der Waals surface area contributed by atoms with Crippen LogP contribution in [0.3, 0.4) is 0 Å². The summed E-state index contributed by atoms with van der Waals surface area (Å²) in [6, 6.07) is 0. The average Bonchev–Trinajstić information content (AvgIpc) is 2.22. The van der Waals surface area contributed by atoms with Gasteiger partial charge in [0.15, 0.2) is 0 Å². The van der Waals surface area contributed by atoms with E-state index in [1.54, 1.807) is 0 Å². The third-order valence-electron chi connectivity index (χ3n) is 2.35. The van der Waals surface area contributed by atoms with Crippen molar-refractivity contribution in [3.05, 3.63) is 17.1 Å². The van der Waals surface area contributed by atoms with Crippen molar-refractivity contribution in [1.82, 2.24) is 9.97 Å². The first-order valence-corrected chi connectivity index (χ1v) is 6.79. The van der Waals surface area contributed by atoms with Crippen LogP contribution in [0.1, 0.15) is 30.9 Å². The number of aromatic nitrogens is 2. The second-order valence-electron chi connectivity index (χ2n) is 4.36. The summed E-state index contributed by atoms with van der Waals surface area (Å²) in [6.45, 7) is 8.54. The van der Waals surface area contributed by atoms with Gasteiger partial charge in [0.25, 0.3) is 0 Å². The molecule has 0 spiro atoms. The van der Waals surface area contributed by atoms with E-state index < -0.39 is 0 Å². The van der Waals surface area contributed by atoms with Crippen molar-refractivity contribution in [2.24, 2.45) is 5.92 Å². The lowest BCUT2D eigenvalue weighted by Crippen LogP contribution is -2.05. The molecule has 1 heterocycles. The zero-order valence-electron chi connectivity index (χ0n) is 10.8. The lowest BCUT2D eigenvalue weighted by molar-refractivity contribution is 0.749. The second-order valence-corrected chi connectivity index (χ2v) is 5.39. The van der Waals surface area contributed by atoms with Crippen LogP contribution in [0, 0.1) is 19.8 Å². The molecule has 0 aliphatic carbocycles. The van der Waals surface area contributed by atoms with Gasteiger partial charge in [0.1, 0.15) is 11.6 Å². The molecule has 0 unspecified atom stereocenters.